The third-order valence-corrected chi connectivity index (χ3v) is 6.56. The van der Waals surface area contributed by atoms with E-state index in [9.17, 15) is 18.0 Å². The summed E-state index contributed by atoms with van der Waals surface area (Å²) in [5.74, 6) is -2.17. The van der Waals surface area contributed by atoms with Crippen LogP contribution in [0.2, 0.25) is 5.02 Å². The molecule has 0 N–H and O–H groups in total. The summed E-state index contributed by atoms with van der Waals surface area (Å²) < 4.78 is 48.6. The number of carbonyl (C=O) groups excluding carboxylic acids is 1. The average Bonchev–Trinajstić information content (AvgIpc) is 2.81. The number of pyridine rings is 1. The summed E-state index contributed by atoms with van der Waals surface area (Å²) >= 11 is 6.02. The highest BCUT2D eigenvalue weighted by molar-refractivity contribution is 6.30. The molecule has 1 aromatic heterocycles. The van der Waals surface area contributed by atoms with E-state index in [1.807, 2.05) is 29.2 Å². The molecule has 0 radical (unpaired) electrons. The van der Waals surface area contributed by atoms with E-state index in [2.05, 4.69) is 21.5 Å². The molecule has 2 atom stereocenters. The Morgan fingerprint density at radius 2 is 1.91 bits per heavy atom. The number of carbonyl (C=O) groups is 1. The number of piperidine rings is 1. The lowest BCUT2D eigenvalue weighted by molar-refractivity contribution is -0.189. The van der Waals surface area contributed by atoms with Gasteiger partial charge in [-0.05, 0) is 56.0 Å². The number of hydrogen-bond donors (Lipinski definition) is 0. The van der Waals surface area contributed by atoms with E-state index in [0.717, 1.165) is 25.8 Å². The topological polar surface area (TPSA) is 54.9 Å². The van der Waals surface area contributed by atoms with Crippen molar-refractivity contribution in [1.29, 1.82) is 0 Å². The molecule has 2 aliphatic rings. The van der Waals surface area contributed by atoms with Crippen molar-refractivity contribution in [3.05, 3.63) is 53.2 Å². The van der Waals surface area contributed by atoms with E-state index in [4.69, 9.17) is 16.3 Å². The number of alkyl halides is 3. The molecule has 34 heavy (non-hydrogen) atoms. The van der Waals surface area contributed by atoms with Crippen molar-refractivity contribution in [2.24, 2.45) is 0 Å². The molecule has 6 nitrogen and oxygen atoms in total. The van der Waals surface area contributed by atoms with Crippen molar-refractivity contribution in [1.82, 2.24) is 9.88 Å². The molecular weight excluding hydrogens is 471 g/mol. The Balaban J connectivity index is 1.42. The number of esters is 1. The van der Waals surface area contributed by atoms with Crippen molar-refractivity contribution in [3.63, 3.8) is 0 Å². The number of morpholine rings is 1. The second-order valence-electron chi connectivity index (χ2n) is 8.76. The van der Waals surface area contributed by atoms with Gasteiger partial charge in [-0.2, -0.15) is 13.2 Å². The molecule has 3 heterocycles. The maximum atomic E-state index is 12.7. The van der Waals surface area contributed by atoms with Gasteiger partial charge in [-0.25, -0.2) is 9.78 Å². The minimum absolute atomic E-state index is 0.128. The third kappa shape index (κ3) is 6.00. The zero-order valence-electron chi connectivity index (χ0n) is 18.8. The first-order chi connectivity index (χ1) is 16.2. The Bertz CT molecular complexity index is 981. The van der Waals surface area contributed by atoms with Crippen molar-refractivity contribution in [2.45, 2.75) is 50.6 Å². The lowest BCUT2D eigenvalue weighted by Crippen LogP contribution is -2.56. The highest BCUT2D eigenvalue weighted by atomic mass is 35.5. The van der Waals surface area contributed by atoms with Crippen LogP contribution < -0.4 is 9.64 Å². The van der Waals surface area contributed by atoms with E-state index in [1.165, 1.54) is 23.9 Å². The van der Waals surface area contributed by atoms with Crippen LogP contribution in [0.5, 0.6) is 5.75 Å². The summed E-state index contributed by atoms with van der Waals surface area (Å²) in [6.45, 7) is 4.72. The molecule has 2 aromatic rings. The predicted octanol–water partition coefficient (Wildman–Crippen LogP) is 4.50. The van der Waals surface area contributed by atoms with Crippen LogP contribution in [0, 0.1) is 0 Å². The summed E-state index contributed by atoms with van der Waals surface area (Å²) in [5, 5.41) is 0.705. The molecule has 10 heteroatoms. The molecule has 0 saturated carbocycles. The molecule has 2 fully saturated rings. The van der Waals surface area contributed by atoms with E-state index >= 15 is 0 Å². The number of halogens is 4. The number of rotatable bonds is 5. The fraction of sp³-hybridized carbons (Fsp3) is 0.500. The molecule has 2 aliphatic heterocycles. The Hall–Kier alpha value is -2.36. The molecule has 0 aliphatic carbocycles. The zero-order chi connectivity index (χ0) is 24.3. The van der Waals surface area contributed by atoms with Gasteiger partial charge in [0.25, 0.3) is 0 Å². The first kappa shape index (κ1) is 24.8. The van der Waals surface area contributed by atoms with Crippen LogP contribution >= 0.6 is 11.6 Å². The van der Waals surface area contributed by atoms with Gasteiger partial charge in [-0.15, -0.1) is 0 Å². The molecular formula is C24H27ClF3N3O3. The van der Waals surface area contributed by atoms with Crippen LogP contribution in [0.4, 0.5) is 19.0 Å². The molecule has 0 amide bonds. The van der Waals surface area contributed by atoms with Crippen molar-refractivity contribution < 1.29 is 27.4 Å². The summed E-state index contributed by atoms with van der Waals surface area (Å²) in [7, 11) is 0. The molecule has 1 aromatic carbocycles. The molecule has 0 bridgehead atoms. The van der Waals surface area contributed by atoms with Crippen LogP contribution in [-0.2, 0) is 16.0 Å². The lowest BCUT2D eigenvalue weighted by Gasteiger charge is -2.46. The molecule has 0 unspecified atom stereocenters. The SMILES string of the molecule is C[C@H]1CN(C2CCN(c3ncccc3OC(=O)C(F)(F)F)CC2)[C@@H](Cc2ccc(Cl)cc2)CO1. The average molecular weight is 498 g/mol. The summed E-state index contributed by atoms with van der Waals surface area (Å²) in [6, 6.07) is 11.2. The van der Waals surface area contributed by atoms with Crippen molar-refractivity contribution in [2.75, 3.05) is 31.1 Å². The van der Waals surface area contributed by atoms with Crippen LogP contribution in [0.15, 0.2) is 42.6 Å². The second-order valence-corrected chi connectivity index (χ2v) is 9.19. The number of nitrogens with zero attached hydrogens (tertiary/aromatic N) is 3. The van der Waals surface area contributed by atoms with Crippen LogP contribution in [0.1, 0.15) is 25.3 Å². The Kier molecular flexibility index (Phi) is 7.64. The molecule has 184 valence electrons. The normalized spacial score (nSPS) is 22.6. The Labute approximate surface area is 201 Å². The van der Waals surface area contributed by atoms with Gasteiger partial charge in [0.05, 0.1) is 12.7 Å². The molecule has 2 saturated heterocycles. The van der Waals surface area contributed by atoms with E-state index < -0.39 is 12.1 Å². The van der Waals surface area contributed by atoms with Gasteiger partial charge in [0.1, 0.15) is 0 Å². The Morgan fingerprint density at radius 3 is 2.59 bits per heavy atom. The standard InChI is InChI=1S/C24H27ClF3N3O3/c1-16-14-31(20(15-33-16)13-17-4-6-18(25)7-5-17)19-8-11-30(12-9-19)22-21(3-2-10-29-22)34-23(32)24(26,27)28/h2-7,10,16,19-20H,8-9,11-15H2,1H3/t16-,20-/m0/s1. The summed E-state index contributed by atoms with van der Waals surface area (Å²) in [5.41, 5.74) is 1.19. The fourth-order valence-electron chi connectivity index (χ4n) is 4.65. The molecule has 0 spiro atoms. The Morgan fingerprint density at radius 1 is 1.21 bits per heavy atom. The maximum Gasteiger partial charge on any atom is 0.491 e. The quantitative estimate of drug-likeness (QED) is 0.567. The van der Waals surface area contributed by atoms with E-state index in [1.54, 1.807) is 0 Å². The fourth-order valence-corrected chi connectivity index (χ4v) is 4.78. The monoisotopic (exact) mass is 497 g/mol. The van der Waals surface area contributed by atoms with Gasteiger partial charge in [0.15, 0.2) is 11.6 Å². The van der Waals surface area contributed by atoms with E-state index in [-0.39, 0.29) is 23.7 Å². The van der Waals surface area contributed by atoms with Crippen LogP contribution in [0.3, 0.4) is 0 Å². The van der Waals surface area contributed by atoms with Gasteiger partial charge in [-0.1, -0.05) is 23.7 Å². The number of benzene rings is 1. The van der Waals surface area contributed by atoms with E-state index in [0.29, 0.717) is 30.8 Å². The summed E-state index contributed by atoms with van der Waals surface area (Å²) in [4.78, 5) is 19.9. The number of hydrogen-bond acceptors (Lipinski definition) is 6. The van der Waals surface area contributed by atoms with Gasteiger partial charge >= 0.3 is 12.1 Å². The zero-order valence-corrected chi connectivity index (χ0v) is 19.6. The number of aromatic nitrogens is 1. The maximum absolute atomic E-state index is 12.7. The number of anilines is 1. The minimum Gasteiger partial charge on any atom is -0.416 e. The van der Waals surface area contributed by atoms with Gasteiger partial charge in [0, 0.05) is 42.9 Å². The van der Waals surface area contributed by atoms with Gasteiger partial charge < -0.3 is 14.4 Å². The van der Waals surface area contributed by atoms with Crippen molar-refractivity contribution >= 4 is 23.4 Å². The van der Waals surface area contributed by atoms with Crippen LogP contribution in [-0.4, -0.2) is 66.5 Å². The van der Waals surface area contributed by atoms with Crippen LogP contribution in [0.25, 0.3) is 0 Å². The predicted molar refractivity (Wildman–Crippen MR) is 122 cm³/mol. The van der Waals surface area contributed by atoms with Crippen molar-refractivity contribution in [3.8, 4) is 5.75 Å². The lowest BCUT2D eigenvalue weighted by atomic mass is 9.96. The highest BCUT2D eigenvalue weighted by Crippen LogP contribution is 2.32. The summed E-state index contributed by atoms with van der Waals surface area (Å²) in [6.07, 6.45) is -0.976. The first-order valence-electron chi connectivity index (χ1n) is 11.3. The highest BCUT2D eigenvalue weighted by Gasteiger charge is 2.42. The number of ether oxygens (including phenoxy) is 2. The minimum atomic E-state index is -5.06. The molecule has 4 rings (SSSR count). The first-order valence-corrected chi connectivity index (χ1v) is 11.7. The van der Waals surface area contributed by atoms with Gasteiger partial charge in [-0.3, -0.25) is 4.90 Å². The smallest absolute Gasteiger partial charge is 0.416 e. The van der Waals surface area contributed by atoms with Gasteiger partial charge in [0.2, 0.25) is 0 Å². The largest absolute Gasteiger partial charge is 0.491 e. The third-order valence-electron chi connectivity index (χ3n) is 6.31. The second kappa shape index (κ2) is 10.5.